The third kappa shape index (κ3) is 2.23. The Balaban J connectivity index is 0.00000102. The normalized spacial score (nSPS) is 27.3. The van der Waals surface area contributed by atoms with Crippen LogP contribution in [-0.4, -0.2) is 35.8 Å². The average molecular weight is 355 g/mol. The van der Waals surface area contributed by atoms with Crippen LogP contribution in [-0.2, 0) is 30.7 Å². The van der Waals surface area contributed by atoms with Gasteiger partial charge in [0.2, 0.25) is 11.5 Å². The smallest absolute Gasteiger partial charge is 0.226 e. The van der Waals surface area contributed by atoms with E-state index in [9.17, 15) is 4.79 Å². The molecule has 8 nitrogen and oxygen atoms in total. The van der Waals surface area contributed by atoms with E-state index >= 15 is 0 Å². The highest BCUT2D eigenvalue weighted by atomic mass is 16.1. The molecule has 2 aromatic rings. The first-order chi connectivity index (χ1) is 12.9. The summed E-state index contributed by atoms with van der Waals surface area (Å²) in [6.07, 6.45) is 3.51. The molecule has 2 aliphatic carbocycles. The second-order valence-corrected chi connectivity index (χ2v) is 7.12. The lowest BCUT2D eigenvalue weighted by Gasteiger charge is -2.44. The molecule has 26 heavy (non-hydrogen) atoms. The van der Waals surface area contributed by atoms with Crippen LogP contribution in [0.4, 0.5) is 0 Å². The summed E-state index contributed by atoms with van der Waals surface area (Å²) in [5.41, 5.74) is 2.68. The van der Waals surface area contributed by atoms with Gasteiger partial charge in [-0.05, 0) is 24.0 Å². The summed E-state index contributed by atoms with van der Waals surface area (Å²) in [4.78, 5) is 17.3. The molecule has 4 rings (SSSR count). The van der Waals surface area contributed by atoms with Crippen molar-refractivity contribution < 1.29 is 6.17 Å². The Morgan fingerprint density at radius 2 is 2.15 bits per heavy atom. The maximum absolute atomic E-state index is 12.4. The van der Waals surface area contributed by atoms with Gasteiger partial charge in [-0.1, -0.05) is 27.3 Å². The van der Waals surface area contributed by atoms with Gasteiger partial charge in [-0.15, -0.1) is 10.2 Å². The number of carbonyl (C=O) groups excluding carboxylic acids is 1. The van der Waals surface area contributed by atoms with Crippen LogP contribution in [0, 0.1) is 18.4 Å². The molecule has 0 saturated carbocycles. The molecular weight excluding hydrogens is 330 g/mol. The van der Waals surface area contributed by atoms with E-state index in [1.807, 2.05) is 20.0 Å². The number of allylic oxidation sites excluding steroid dienone is 2. The summed E-state index contributed by atoms with van der Waals surface area (Å²) < 4.78 is 7.54. The standard InChI is InChI=1S/C17H19N7O.CH4/c1-9-11-7-6-10-13(16-19-22-24(5)21-16)23(4)20-15(10)17(11,2)8-12(18-3)14(9)25;/h8-9,11H,6-7H2,1-2,4-5H3;1H4/t9-,11-,17-;/m0./s1/i;1T. The first-order valence-electron chi connectivity index (χ1n) is 9.32. The first-order valence-corrected chi connectivity index (χ1v) is 8.32. The maximum atomic E-state index is 12.4. The maximum Gasteiger partial charge on any atom is 0.226 e. The van der Waals surface area contributed by atoms with E-state index in [4.69, 9.17) is 13.0 Å². The number of carbonyl (C=O) groups is 1. The molecule has 2 aliphatic rings. The number of aryl methyl sites for hydroxylation is 2. The summed E-state index contributed by atoms with van der Waals surface area (Å²) in [7, 11) is 4.86. The zero-order valence-corrected chi connectivity index (χ0v) is 15.7. The number of tetrazole rings is 1. The Hall–Kier alpha value is -2.82. The number of Topliss-reactive ketones (excluding diaryl/α,β-unsaturated/α-hetero) is 1. The third-order valence-corrected chi connectivity index (χ3v) is 5.68. The fourth-order valence-electron chi connectivity index (χ4n) is 4.47. The van der Waals surface area contributed by atoms with E-state index in [0.717, 1.165) is 29.8 Å². The van der Waals surface area contributed by atoms with E-state index in [1.54, 1.807) is 11.7 Å². The van der Waals surface area contributed by atoms with Crippen LogP contribution in [0.1, 0.15) is 40.3 Å². The molecule has 0 unspecified atom stereocenters. The Kier molecular flexibility index (Phi) is 3.75. The van der Waals surface area contributed by atoms with Gasteiger partial charge in [-0.2, -0.15) is 9.90 Å². The monoisotopic (exact) mass is 355 g/mol. The topological polar surface area (TPSA) is 82.8 Å². The van der Waals surface area contributed by atoms with Crippen molar-refractivity contribution in [3.63, 3.8) is 0 Å². The van der Waals surface area contributed by atoms with Gasteiger partial charge in [0.05, 0.1) is 19.3 Å². The quantitative estimate of drug-likeness (QED) is 0.732. The SMILES string of the molecule is [3H]C.[C-]#[N+]C1=C[C@]2(C)c3nn(C)c(-c4nnn(C)n4)c3CC[C@H]2[C@H](C)C1=O. The minimum Gasteiger partial charge on any atom is -0.308 e. The lowest BCUT2D eigenvalue weighted by molar-refractivity contribution is -0.121. The number of hydrogen-bond donors (Lipinski definition) is 0. The molecular formula is C18H23N7O. The molecule has 0 amide bonds. The van der Waals surface area contributed by atoms with Gasteiger partial charge in [-0.3, -0.25) is 4.68 Å². The highest BCUT2D eigenvalue weighted by Gasteiger charge is 2.50. The van der Waals surface area contributed by atoms with E-state index in [-0.39, 0.29) is 23.3 Å². The van der Waals surface area contributed by atoms with Crippen molar-refractivity contribution in [2.75, 3.05) is 0 Å². The molecule has 0 radical (unpaired) electrons. The molecule has 0 saturated heterocycles. The van der Waals surface area contributed by atoms with E-state index in [2.05, 4.69) is 27.2 Å². The Bertz CT molecular complexity index is 967. The van der Waals surface area contributed by atoms with Gasteiger partial charge in [0, 0.05) is 25.3 Å². The van der Waals surface area contributed by atoms with Crippen molar-refractivity contribution in [1.82, 2.24) is 30.0 Å². The van der Waals surface area contributed by atoms with Crippen LogP contribution < -0.4 is 0 Å². The predicted molar refractivity (Wildman–Crippen MR) is 95.8 cm³/mol. The largest absolute Gasteiger partial charge is 0.308 e. The van der Waals surface area contributed by atoms with E-state index in [1.165, 1.54) is 12.2 Å². The molecule has 0 aliphatic heterocycles. The molecule has 0 bridgehead atoms. The van der Waals surface area contributed by atoms with Crippen molar-refractivity contribution in [2.45, 2.75) is 39.5 Å². The molecule has 0 N–H and O–H groups in total. The van der Waals surface area contributed by atoms with Gasteiger partial charge in [0.15, 0.2) is 5.78 Å². The van der Waals surface area contributed by atoms with Crippen LogP contribution in [0.15, 0.2) is 11.8 Å². The summed E-state index contributed by atoms with van der Waals surface area (Å²) >= 11 is 0. The van der Waals surface area contributed by atoms with Gasteiger partial charge in [-0.25, -0.2) is 4.85 Å². The zero-order valence-electron chi connectivity index (χ0n) is 16.7. The molecule has 8 heteroatoms. The van der Waals surface area contributed by atoms with Crippen LogP contribution in [0.3, 0.4) is 0 Å². The fourth-order valence-corrected chi connectivity index (χ4v) is 4.47. The van der Waals surface area contributed by atoms with Crippen molar-refractivity contribution in [3.8, 4) is 11.5 Å². The Morgan fingerprint density at radius 3 is 2.77 bits per heavy atom. The average Bonchev–Trinajstić information content (AvgIpc) is 3.23. The number of hydrogen-bond acceptors (Lipinski definition) is 5. The van der Waals surface area contributed by atoms with Crippen LogP contribution in [0.2, 0.25) is 0 Å². The summed E-state index contributed by atoms with van der Waals surface area (Å²) in [6.45, 7) is 11.4. The molecule has 0 spiro atoms. The van der Waals surface area contributed by atoms with Gasteiger partial charge < -0.3 is 4.79 Å². The van der Waals surface area contributed by atoms with Crippen LogP contribution >= 0.6 is 0 Å². The molecule has 0 aromatic carbocycles. The van der Waals surface area contributed by atoms with Crippen molar-refractivity contribution >= 4 is 5.78 Å². The second-order valence-electron chi connectivity index (χ2n) is 7.12. The number of nitrogens with zero attached hydrogens (tertiary/aromatic N) is 7. The van der Waals surface area contributed by atoms with E-state index < -0.39 is 5.41 Å². The van der Waals surface area contributed by atoms with E-state index in [0.29, 0.717) is 5.82 Å². The van der Waals surface area contributed by atoms with Gasteiger partial charge in [0.25, 0.3) is 0 Å². The van der Waals surface area contributed by atoms with Crippen LogP contribution in [0.25, 0.3) is 16.4 Å². The van der Waals surface area contributed by atoms with Gasteiger partial charge >= 0.3 is 0 Å². The third-order valence-electron chi connectivity index (χ3n) is 5.68. The number of rotatable bonds is 1. The lowest BCUT2D eigenvalue weighted by Crippen LogP contribution is -2.45. The fraction of sp³-hybridized carbons (Fsp3) is 0.556. The summed E-state index contributed by atoms with van der Waals surface area (Å²) in [5.74, 6) is 0.478. The highest BCUT2D eigenvalue weighted by Crippen LogP contribution is 2.50. The molecule has 2 heterocycles. The number of fused-ring (bicyclic) bond motifs is 3. The summed E-state index contributed by atoms with van der Waals surface area (Å²) in [5, 5.41) is 17.1. The van der Waals surface area contributed by atoms with Crippen LogP contribution in [0.5, 0.6) is 0 Å². The van der Waals surface area contributed by atoms with Gasteiger partial charge in [0.1, 0.15) is 5.69 Å². The first kappa shape index (κ1) is 16.6. The predicted octanol–water partition coefficient (Wildman–Crippen LogP) is 2.09. The second kappa shape index (κ2) is 5.87. The molecule has 0 fully saturated rings. The van der Waals surface area contributed by atoms with Crippen molar-refractivity contribution in [3.05, 3.63) is 34.4 Å². The molecule has 136 valence electrons. The Labute approximate surface area is 154 Å². The Morgan fingerprint density at radius 1 is 1.42 bits per heavy atom. The van der Waals surface area contributed by atoms with Crippen molar-refractivity contribution in [2.24, 2.45) is 25.9 Å². The zero-order chi connectivity index (χ0) is 19.9. The minimum atomic E-state index is -0.432. The number of aromatic nitrogens is 6. The molecule has 2 aromatic heterocycles. The highest BCUT2D eigenvalue weighted by molar-refractivity contribution is 6.00. The lowest BCUT2D eigenvalue weighted by atomic mass is 9.58. The minimum absolute atomic E-state index is 0.0485. The van der Waals surface area contributed by atoms with Crippen molar-refractivity contribution in [1.29, 1.82) is 0 Å². The molecule has 3 atom stereocenters. The summed E-state index contributed by atoms with van der Waals surface area (Å²) in [6, 6.07) is 0. The number of ketones is 1.